The van der Waals surface area contributed by atoms with Gasteiger partial charge in [-0.1, -0.05) is 13.8 Å². The minimum absolute atomic E-state index is 1.03. The molecule has 0 unspecified atom stereocenters. The number of H-pyrrole nitrogens is 1. The van der Waals surface area contributed by atoms with Crippen LogP contribution >= 0.6 is 12.6 Å². The number of fused-ring (bicyclic) bond motifs is 1. The highest BCUT2D eigenvalue weighted by Gasteiger charge is 2.06. The molecule has 0 aliphatic carbocycles. The molecule has 0 aliphatic rings. The van der Waals surface area contributed by atoms with E-state index in [-0.39, 0.29) is 0 Å². The number of benzene rings is 1. The Bertz CT molecular complexity index is 504. The van der Waals surface area contributed by atoms with Crippen LogP contribution in [0.4, 0.5) is 0 Å². The molecule has 3 heteroatoms. The Morgan fingerprint density at radius 3 is 2.78 bits per heavy atom. The van der Waals surface area contributed by atoms with Gasteiger partial charge < -0.3 is 9.88 Å². The second-order valence-corrected chi connectivity index (χ2v) is 5.24. The van der Waals surface area contributed by atoms with Crippen LogP contribution in [-0.2, 0) is 6.42 Å². The largest absolute Gasteiger partial charge is 0.361 e. The summed E-state index contributed by atoms with van der Waals surface area (Å²) in [4.78, 5) is 6.87. The average molecular weight is 262 g/mol. The second-order valence-electron chi connectivity index (χ2n) is 4.73. The van der Waals surface area contributed by atoms with E-state index >= 15 is 0 Å². The van der Waals surface area contributed by atoms with Gasteiger partial charge in [-0.15, -0.1) is 12.6 Å². The van der Waals surface area contributed by atoms with E-state index in [1.165, 1.54) is 29.4 Å². The molecule has 1 aromatic carbocycles. The molecule has 1 N–H and O–H groups in total. The van der Waals surface area contributed by atoms with Crippen LogP contribution in [0.15, 0.2) is 29.3 Å². The van der Waals surface area contributed by atoms with E-state index in [0.717, 1.165) is 24.4 Å². The smallest absolute Gasteiger partial charge is 0.0457 e. The maximum atomic E-state index is 4.42. The highest BCUT2D eigenvalue weighted by atomic mass is 32.1. The summed E-state index contributed by atoms with van der Waals surface area (Å²) in [5, 5.41) is 1.31. The lowest BCUT2D eigenvalue weighted by molar-refractivity contribution is 0.293. The van der Waals surface area contributed by atoms with Gasteiger partial charge in [-0.05, 0) is 49.7 Å². The summed E-state index contributed by atoms with van der Waals surface area (Å²) >= 11 is 4.42. The van der Waals surface area contributed by atoms with E-state index < -0.39 is 0 Å². The van der Waals surface area contributed by atoms with E-state index in [1.54, 1.807) is 0 Å². The third-order valence-corrected chi connectivity index (χ3v) is 3.71. The van der Waals surface area contributed by atoms with E-state index in [2.05, 4.69) is 54.7 Å². The van der Waals surface area contributed by atoms with Crippen LogP contribution in [0.2, 0.25) is 0 Å². The van der Waals surface area contributed by atoms with E-state index in [1.807, 2.05) is 6.07 Å². The highest BCUT2D eigenvalue weighted by molar-refractivity contribution is 7.80. The van der Waals surface area contributed by atoms with Gasteiger partial charge in [0.05, 0.1) is 0 Å². The minimum atomic E-state index is 1.03. The Hall–Kier alpha value is -0.930. The van der Waals surface area contributed by atoms with Gasteiger partial charge in [-0.25, -0.2) is 0 Å². The maximum Gasteiger partial charge on any atom is 0.0457 e. The molecule has 0 fully saturated rings. The minimum Gasteiger partial charge on any atom is -0.361 e. The van der Waals surface area contributed by atoms with Gasteiger partial charge >= 0.3 is 0 Å². The van der Waals surface area contributed by atoms with Crippen molar-refractivity contribution in [1.82, 2.24) is 9.88 Å². The fourth-order valence-electron chi connectivity index (χ4n) is 2.40. The second kappa shape index (κ2) is 6.30. The topological polar surface area (TPSA) is 19.0 Å². The predicted octanol–water partition coefficient (Wildman–Crippen LogP) is 3.73. The van der Waals surface area contributed by atoms with Crippen LogP contribution in [-0.4, -0.2) is 29.5 Å². The van der Waals surface area contributed by atoms with Gasteiger partial charge in [0, 0.05) is 28.5 Å². The van der Waals surface area contributed by atoms with Crippen LogP contribution in [0.1, 0.15) is 25.8 Å². The van der Waals surface area contributed by atoms with Gasteiger partial charge in [-0.2, -0.15) is 0 Å². The van der Waals surface area contributed by atoms with Crippen LogP contribution in [0.5, 0.6) is 0 Å². The van der Waals surface area contributed by atoms with Gasteiger partial charge in [0.1, 0.15) is 0 Å². The molecule has 1 heterocycles. The molecule has 1 aromatic heterocycles. The van der Waals surface area contributed by atoms with Crippen molar-refractivity contribution in [3.63, 3.8) is 0 Å². The molecule has 0 atom stereocenters. The first-order valence-electron chi connectivity index (χ1n) is 6.76. The van der Waals surface area contributed by atoms with Crippen LogP contribution in [0.25, 0.3) is 10.9 Å². The SMILES string of the molecule is CCCN(CC)CCc1c[nH]c2ccc(S)cc12. The quantitative estimate of drug-likeness (QED) is 0.760. The Labute approximate surface area is 115 Å². The Morgan fingerprint density at radius 1 is 1.22 bits per heavy atom. The third-order valence-electron chi connectivity index (χ3n) is 3.44. The normalized spacial score (nSPS) is 11.6. The van der Waals surface area contributed by atoms with Crippen molar-refractivity contribution in [3.05, 3.63) is 30.0 Å². The number of hydrogen-bond donors (Lipinski definition) is 2. The van der Waals surface area contributed by atoms with Crippen LogP contribution in [0.3, 0.4) is 0 Å². The molecule has 2 nitrogen and oxygen atoms in total. The Morgan fingerprint density at radius 2 is 2.06 bits per heavy atom. The first-order chi connectivity index (χ1) is 8.74. The number of aromatic nitrogens is 1. The van der Waals surface area contributed by atoms with Crippen molar-refractivity contribution >= 4 is 23.5 Å². The van der Waals surface area contributed by atoms with E-state index in [0.29, 0.717) is 0 Å². The lowest BCUT2D eigenvalue weighted by Crippen LogP contribution is -2.26. The molecule has 0 spiro atoms. The fourth-order valence-corrected chi connectivity index (χ4v) is 2.60. The summed E-state index contributed by atoms with van der Waals surface area (Å²) in [6.07, 6.45) is 4.46. The van der Waals surface area contributed by atoms with E-state index in [4.69, 9.17) is 0 Å². The first kappa shape index (κ1) is 13.5. The molecule has 18 heavy (non-hydrogen) atoms. The zero-order chi connectivity index (χ0) is 13.0. The monoisotopic (exact) mass is 262 g/mol. The number of aromatic amines is 1. The molecule has 0 bridgehead atoms. The summed E-state index contributed by atoms with van der Waals surface area (Å²) in [5.74, 6) is 0. The zero-order valence-electron chi connectivity index (χ0n) is 11.2. The van der Waals surface area contributed by atoms with Crippen molar-refractivity contribution in [3.8, 4) is 0 Å². The summed E-state index contributed by atoms with van der Waals surface area (Å²) in [6.45, 7) is 7.93. The Kier molecular flexibility index (Phi) is 4.72. The van der Waals surface area contributed by atoms with Gasteiger partial charge in [-0.3, -0.25) is 0 Å². The molecular weight excluding hydrogens is 240 g/mol. The number of likely N-dealkylation sites (N-methyl/N-ethyl adjacent to an activating group) is 1. The molecule has 2 aromatic rings. The molecule has 0 aliphatic heterocycles. The molecule has 2 rings (SSSR count). The van der Waals surface area contributed by atoms with Crippen molar-refractivity contribution in [1.29, 1.82) is 0 Å². The summed E-state index contributed by atoms with van der Waals surface area (Å²) in [5.41, 5.74) is 2.61. The molecule has 0 saturated heterocycles. The van der Waals surface area contributed by atoms with Crippen molar-refractivity contribution in [2.45, 2.75) is 31.6 Å². The summed E-state index contributed by atoms with van der Waals surface area (Å²) < 4.78 is 0. The van der Waals surface area contributed by atoms with Gasteiger partial charge in [0.15, 0.2) is 0 Å². The summed E-state index contributed by atoms with van der Waals surface area (Å²) in [7, 11) is 0. The van der Waals surface area contributed by atoms with Crippen molar-refractivity contribution in [2.75, 3.05) is 19.6 Å². The number of thiol groups is 1. The van der Waals surface area contributed by atoms with E-state index in [9.17, 15) is 0 Å². The number of hydrogen-bond acceptors (Lipinski definition) is 2. The van der Waals surface area contributed by atoms with Gasteiger partial charge in [0.2, 0.25) is 0 Å². The molecule has 0 amide bonds. The number of rotatable bonds is 6. The third kappa shape index (κ3) is 3.09. The molecular formula is C15H22N2S. The van der Waals surface area contributed by atoms with Crippen LogP contribution in [0, 0.1) is 0 Å². The lowest BCUT2D eigenvalue weighted by atomic mass is 10.1. The van der Waals surface area contributed by atoms with Crippen LogP contribution < -0.4 is 0 Å². The number of nitrogens with zero attached hydrogens (tertiary/aromatic N) is 1. The lowest BCUT2D eigenvalue weighted by Gasteiger charge is -2.18. The van der Waals surface area contributed by atoms with Gasteiger partial charge in [0.25, 0.3) is 0 Å². The first-order valence-corrected chi connectivity index (χ1v) is 7.20. The molecule has 0 saturated carbocycles. The molecule has 98 valence electrons. The standard InChI is InChI=1S/C15H22N2S/c1-3-8-17(4-2)9-7-12-11-16-15-6-5-13(18)10-14(12)15/h5-6,10-11,16,18H,3-4,7-9H2,1-2H3. The van der Waals surface area contributed by atoms with Crippen molar-refractivity contribution in [2.24, 2.45) is 0 Å². The predicted molar refractivity (Wildman–Crippen MR) is 81.7 cm³/mol. The highest BCUT2D eigenvalue weighted by Crippen LogP contribution is 2.22. The fraction of sp³-hybridized carbons (Fsp3) is 0.467. The summed E-state index contributed by atoms with van der Waals surface area (Å²) in [6, 6.07) is 6.28. The Balaban J connectivity index is 2.09. The molecule has 0 radical (unpaired) electrons. The van der Waals surface area contributed by atoms with Crippen molar-refractivity contribution < 1.29 is 0 Å². The zero-order valence-corrected chi connectivity index (χ0v) is 12.1. The average Bonchev–Trinajstić information content (AvgIpc) is 2.77. The number of nitrogens with one attached hydrogen (secondary N) is 1. The maximum absolute atomic E-state index is 4.42.